The van der Waals surface area contributed by atoms with E-state index in [-0.39, 0.29) is 50.3 Å². The number of β-amino-alcohol motifs (C(OH)–C–C–N with tert-alkyl or cyclic N) is 1. The van der Waals surface area contributed by atoms with E-state index in [0.717, 1.165) is 46.3 Å². The second-order valence-corrected chi connectivity index (χ2v) is 13.2. The third kappa shape index (κ3) is 8.16. The third-order valence-corrected chi connectivity index (χ3v) is 9.78. The number of carbonyl (C=O) groups excluding carboxylic acids is 2. The topological polar surface area (TPSA) is 112 Å². The first-order chi connectivity index (χ1) is 23.5. The Morgan fingerprint density at radius 1 is 0.918 bits per heavy atom. The Balaban J connectivity index is 1.14. The summed E-state index contributed by atoms with van der Waals surface area (Å²) in [7, 11) is 0. The van der Waals surface area contributed by atoms with Gasteiger partial charge in [-0.15, -0.1) is 0 Å². The molecule has 0 unspecified atom stereocenters. The molecule has 3 heterocycles. The number of nitrogens with zero attached hydrogens (tertiary/aromatic N) is 2. The summed E-state index contributed by atoms with van der Waals surface area (Å²) < 4.78 is 52.2. The molecule has 3 fully saturated rings. The van der Waals surface area contributed by atoms with Crippen molar-refractivity contribution in [3.8, 4) is 11.1 Å². The van der Waals surface area contributed by atoms with Crippen LogP contribution in [0, 0.1) is 5.92 Å². The van der Waals surface area contributed by atoms with Gasteiger partial charge in [0, 0.05) is 44.2 Å². The van der Waals surface area contributed by atoms with Crippen molar-refractivity contribution in [2.45, 2.75) is 76.2 Å². The fourth-order valence-corrected chi connectivity index (χ4v) is 7.01. The molecular formula is C37H42F3N3O6. The van der Waals surface area contributed by atoms with Crippen molar-refractivity contribution in [3.63, 3.8) is 0 Å². The minimum Gasteiger partial charge on any atom is -0.392 e. The summed E-state index contributed by atoms with van der Waals surface area (Å²) in [6.45, 7) is 4.17. The largest absolute Gasteiger partial charge is 0.471 e. The molecule has 3 N–H and O–H groups in total. The summed E-state index contributed by atoms with van der Waals surface area (Å²) >= 11 is 0. The maximum atomic E-state index is 13.0. The van der Waals surface area contributed by atoms with Crippen LogP contribution < -0.4 is 5.32 Å². The van der Waals surface area contributed by atoms with E-state index in [9.17, 15) is 33.0 Å². The average molecular weight is 682 g/mol. The summed E-state index contributed by atoms with van der Waals surface area (Å²) in [6, 6.07) is 22.0. The molecule has 0 saturated carbocycles. The molecule has 0 aromatic heterocycles. The Kier molecular flexibility index (Phi) is 10.7. The lowest BCUT2D eigenvalue weighted by Gasteiger charge is -2.42. The number of alkyl halides is 3. The van der Waals surface area contributed by atoms with E-state index in [1.807, 2.05) is 72.8 Å². The van der Waals surface area contributed by atoms with E-state index in [1.54, 1.807) is 0 Å². The van der Waals surface area contributed by atoms with Crippen molar-refractivity contribution in [3.05, 3.63) is 95.1 Å². The molecule has 3 aromatic carbocycles. The predicted octanol–water partition coefficient (Wildman–Crippen LogP) is 4.87. The van der Waals surface area contributed by atoms with Crippen molar-refractivity contribution in [2.75, 3.05) is 26.2 Å². The predicted molar refractivity (Wildman–Crippen MR) is 175 cm³/mol. The molecule has 2 amide bonds. The standard InChI is InChI=1S/C37H42F3N3O6/c1-23-32(21-42-17-15-30(45)20-42)48-35(49-33(23)27-9-7-24(22-44)8-10-27)28-13-11-26(12-14-28)29-5-2-4-25(18-29)19-41-34(46)31-6-3-16-43(31)36(47)37(38,39)40/h2,4-5,7-14,18,23,30-33,35,44-45H,3,6,15-17,19-22H2,1H3,(H,41,46)/t23-,30+,31+,32+,33+,35+/m1/s1. The van der Waals surface area contributed by atoms with E-state index in [1.165, 1.54) is 0 Å². The summed E-state index contributed by atoms with van der Waals surface area (Å²) in [4.78, 5) is 27.4. The van der Waals surface area contributed by atoms with Gasteiger partial charge < -0.3 is 29.9 Å². The number of aliphatic hydroxyl groups is 2. The summed E-state index contributed by atoms with van der Waals surface area (Å²) in [5, 5.41) is 22.3. The lowest BCUT2D eigenvalue weighted by molar-refractivity contribution is -0.276. The minimum absolute atomic E-state index is 0.0262. The fourth-order valence-electron chi connectivity index (χ4n) is 7.01. The monoisotopic (exact) mass is 681 g/mol. The quantitative estimate of drug-likeness (QED) is 0.296. The van der Waals surface area contributed by atoms with Gasteiger partial charge in [0.25, 0.3) is 0 Å². The number of nitrogens with one attached hydrogen (secondary N) is 1. The number of likely N-dealkylation sites (tertiary alicyclic amines) is 2. The Labute approximate surface area is 283 Å². The molecule has 3 aliphatic rings. The van der Waals surface area contributed by atoms with Crippen LogP contribution in [0.2, 0.25) is 0 Å². The van der Waals surface area contributed by atoms with Crippen LogP contribution in [-0.2, 0) is 32.2 Å². The van der Waals surface area contributed by atoms with Gasteiger partial charge in [-0.2, -0.15) is 13.2 Å². The first-order valence-electron chi connectivity index (χ1n) is 16.8. The zero-order valence-corrected chi connectivity index (χ0v) is 27.3. The van der Waals surface area contributed by atoms with Crippen molar-refractivity contribution in [1.82, 2.24) is 15.1 Å². The second-order valence-electron chi connectivity index (χ2n) is 13.2. The van der Waals surface area contributed by atoms with Crippen LogP contribution in [0.15, 0.2) is 72.8 Å². The fraction of sp³-hybridized carbons (Fsp3) is 0.459. The van der Waals surface area contributed by atoms with Gasteiger partial charge in [0.1, 0.15) is 6.04 Å². The number of amides is 2. The van der Waals surface area contributed by atoms with Crippen molar-refractivity contribution in [1.29, 1.82) is 0 Å². The van der Waals surface area contributed by atoms with Gasteiger partial charge in [-0.05, 0) is 53.1 Å². The van der Waals surface area contributed by atoms with E-state index >= 15 is 0 Å². The van der Waals surface area contributed by atoms with E-state index < -0.39 is 30.3 Å². The molecule has 12 heteroatoms. The SMILES string of the molecule is C[C@@H]1[C@H](CN2CC[C@H](O)C2)O[C@H](c2ccc(-c3cccc(CNC(=O)[C@@H]4CCCN4C(=O)C(F)(F)F)c3)cc2)O[C@@H]1c1ccc(CO)cc1. The van der Waals surface area contributed by atoms with E-state index in [4.69, 9.17) is 9.47 Å². The highest BCUT2D eigenvalue weighted by Gasteiger charge is 2.47. The van der Waals surface area contributed by atoms with Crippen molar-refractivity contribution < 1.29 is 42.4 Å². The minimum atomic E-state index is -5.02. The Bertz CT molecular complexity index is 1600. The Morgan fingerprint density at radius 2 is 1.65 bits per heavy atom. The highest BCUT2D eigenvalue weighted by atomic mass is 19.4. The second kappa shape index (κ2) is 15.0. The molecule has 0 spiro atoms. The maximum absolute atomic E-state index is 13.0. The van der Waals surface area contributed by atoms with Crippen molar-refractivity contribution >= 4 is 11.8 Å². The van der Waals surface area contributed by atoms with Crippen LogP contribution in [0.1, 0.15) is 60.8 Å². The van der Waals surface area contributed by atoms with Gasteiger partial charge in [-0.25, -0.2) is 0 Å². The molecule has 6 atom stereocenters. The first kappa shape index (κ1) is 35.0. The maximum Gasteiger partial charge on any atom is 0.471 e. The highest BCUT2D eigenvalue weighted by Crippen LogP contribution is 2.42. The normalized spacial score (nSPS) is 26.2. The van der Waals surface area contributed by atoms with E-state index in [0.29, 0.717) is 24.4 Å². The smallest absolute Gasteiger partial charge is 0.392 e. The number of carbonyl (C=O) groups is 2. The molecule has 0 aliphatic carbocycles. The van der Waals surface area contributed by atoms with Gasteiger partial charge in [0.05, 0.1) is 24.9 Å². The van der Waals surface area contributed by atoms with Crippen LogP contribution in [0.25, 0.3) is 11.1 Å². The number of aliphatic hydroxyl groups excluding tert-OH is 2. The first-order valence-corrected chi connectivity index (χ1v) is 16.8. The van der Waals surface area contributed by atoms with Gasteiger partial charge in [-0.3, -0.25) is 14.5 Å². The highest BCUT2D eigenvalue weighted by molar-refractivity contribution is 5.90. The van der Waals surface area contributed by atoms with Gasteiger partial charge in [-0.1, -0.05) is 73.7 Å². The van der Waals surface area contributed by atoms with Crippen LogP contribution in [-0.4, -0.2) is 82.4 Å². The number of benzene rings is 3. The lowest BCUT2D eigenvalue weighted by atomic mass is 9.90. The molecule has 0 bridgehead atoms. The molecule has 9 nitrogen and oxygen atoms in total. The third-order valence-electron chi connectivity index (χ3n) is 9.78. The van der Waals surface area contributed by atoms with Crippen LogP contribution in [0.3, 0.4) is 0 Å². The molecule has 3 saturated heterocycles. The molecule has 6 rings (SSSR count). The molecule has 0 radical (unpaired) electrons. The average Bonchev–Trinajstić information content (AvgIpc) is 3.76. The number of rotatable bonds is 9. The number of ether oxygens (including phenoxy) is 2. The summed E-state index contributed by atoms with van der Waals surface area (Å²) in [5.74, 6) is -2.56. The number of hydrogen-bond donors (Lipinski definition) is 3. The van der Waals surface area contributed by atoms with Gasteiger partial charge in [0.15, 0.2) is 6.29 Å². The van der Waals surface area contributed by atoms with Gasteiger partial charge >= 0.3 is 12.1 Å². The zero-order valence-electron chi connectivity index (χ0n) is 27.3. The molecule has 3 aromatic rings. The van der Waals surface area contributed by atoms with Gasteiger partial charge in [0.2, 0.25) is 5.91 Å². The summed E-state index contributed by atoms with van der Waals surface area (Å²) in [6.07, 6.45) is -5.12. The summed E-state index contributed by atoms with van der Waals surface area (Å²) in [5.41, 5.74) is 5.23. The molecule has 262 valence electrons. The molecular weight excluding hydrogens is 639 g/mol. The number of halogens is 3. The Morgan fingerprint density at radius 3 is 2.33 bits per heavy atom. The van der Waals surface area contributed by atoms with Crippen LogP contribution >= 0.6 is 0 Å². The van der Waals surface area contributed by atoms with E-state index in [2.05, 4.69) is 17.1 Å². The Hall–Kier alpha value is -3.81. The van der Waals surface area contributed by atoms with Crippen molar-refractivity contribution in [2.24, 2.45) is 5.92 Å². The van der Waals surface area contributed by atoms with Crippen LogP contribution in [0.4, 0.5) is 13.2 Å². The lowest BCUT2D eigenvalue weighted by Crippen LogP contribution is -2.50. The van der Waals surface area contributed by atoms with Crippen LogP contribution in [0.5, 0.6) is 0 Å². The molecule has 3 aliphatic heterocycles. The molecule has 49 heavy (non-hydrogen) atoms. The number of hydrogen-bond acceptors (Lipinski definition) is 7. The zero-order chi connectivity index (χ0) is 34.7.